The summed E-state index contributed by atoms with van der Waals surface area (Å²) >= 11 is 0. The van der Waals surface area contributed by atoms with Crippen LogP contribution in [0.3, 0.4) is 0 Å². The number of nitrogen functional groups attached to an aromatic ring is 1. The number of amides is 1. The number of esters is 4. The van der Waals surface area contributed by atoms with Gasteiger partial charge in [0.15, 0.2) is 0 Å². The van der Waals surface area contributed by atoms with Crippen molar-refractivity contribution >= 4 is 71.0 Å². The fraction of sp³-hybridized carbons (Fsp3) is 0.314. The summed E-state index contributed by atoms with van der Waals surface area (Å²) in [6.07, 6.45) is -6.31. The fourth-order valence-electron chi connectivity index (χ4n) is 10.5. The molecule has 6 aromatic carbocycles. The first-order valence-corrected chi connectivity index (χ1v) is 29.8. The average molecular weight is 1310 g/mol. The highest BCUT2D eigenvalue weighted by Crippen LogP contribution is 2.46. The minimum atomic E-state index is -4.30. The summed E-state index contributed by atoms with van der Waals surface area (Å²) in [7, 11) is 0. The molecule has 0 aliphatic heterocycles. The predicted octanol–water partition coefficient (Wildman–Crippen LogP) is 13.0. The number of carboxylic acids is 2. The van der Waals surface area contributed by atoms with Crippen molar-refractivity contribution < 1.29 is 103 Å². The van der Waals surface area contributed by atoms with Crippen molar-refractivity contribution in [2.24, 2.45) is 35.0 Å². The van der Waals surface area contributed by atoms with Crippen molar-refractivity contribution in [2.75, 3.05) is 37.5 Å². The highest BCUT2D eigenvalue weighted by Gasteiger charge is 2.54. The summed E-state index contributed by atoms with van der Waals surface area (Å²) in [5, 5.41) is 22.7. The summed E-state index contributed by atoms with van der Waals surface area (Å²) in [5.41, 5.74) is 8.08. The summed E-state index contributed by atoms with van der Waals surface area (Å²) in [6, 6.07) is 36.8. The van der Waals surface area contributed by atoms with Crippen LogP contribution in [0.25, 0.3) is 12.2 Å². The lowest BCUT2D eigenvalue weighted by molar-refractivity contribution is -0.150. The molecule has 94 heavy (non-hydrogen) atoms. The summed E-state index contributed by atoms with van der Waals surface area (Å²) in [6.45, 7) is 2.11. The zero-order valence-electron chi connectivity index (χ0n) is 51.0. The number of hydrogen-bond acceptors (Lipinski definition) is 15. The molecule has 4 atom stereocenters. The number of carboxylic acid groups (broad SMARTS) is 2. The second kappa shape index (κ2) is 32.8. The van der Waals surface area contributed by atoms with Gasteiger partial charge in [0.05, 0.1) is 36.2 Å². The van der Waals surface area contributed by atoms with E-state index in [9.17, 15) is 74.9 Å². The van der Waals surface area contributed by atoms with E-state index in [4.69, 9.17) is 34.2 Å². The monoisotopic (exact) mass is 1310 g/mol. The molecular weight excluding hydrogens is 1240 g/mol. The van der Waals surface area contributed by atoms with E-state index in [1.54, 1.807) is 86.6 Å². The molecular formula is C70H68F6N2O16. The number of nitrogens with two attached hydrogens (primary N) is 1. The third-order valence-electron chi connectivity index (χ3n) is 15.2. The van der Waals surface area contributed by atoms with Crippen LogP contribution in [-0.2, 0) is 51.1 Å². The van der Waals surface area contributed by atoms with Gasteiger partial charge in [-0.05, 0) is 169 Å². The SMILES string of the molecule is CC(C)C(=O)C1C(CC(=O)O)CC(C(=O)Nc2ccc(CC(COC(=O)/C=C/c3ccc(OC(=O)c4ccc(OCCCC(F)(F)F)cc4)cc3)(COC(=O)/C=C/c3ccc(OC(=O)c4ccc(OCCCC(F)(F)F)cc4)cc3)Cc3ccc(N)cc3)cc2)C1C(=O)O. The Morgan fingerprint density at radius 2 is 0.979 bits per heavy atom. The van der Waals surface area contributed by atoms with E-state index < -0.39 is 114 Å². The van der Waals surface area contributed by atoms with Crippen molar-refractivity contribution in [1.82, 2.24) is 0 Å². The molecule has 5 N–H and O–H groups in total. The van der Waals surface area contributed by atoms with Crippen LogP contribution < -0.4 is 30.0 Å². The number of carbonyl (C=O) groups excluding carboxylic acids is 6. The number of hydrogen-bond donors (Lipinski definition) is 4. The van der Waals surface area contributed by atoms with Crippen molar-refractivity contribution in [1.29, 1.82) is 0 Å². The number of rotatable bonds is 31. The number of ketones is 1. The number of benzene rings is 6. The van der Waals surface area contributed by atoms with Crippen LogP contribution in [0.4, 0.5) is 37.7 Å². The molecule has 0 spiro atoms. The molecule has 7 rings (SSSR count). The molecule has 18 nitrogen and oxygen atoms in total. The second-order valence-corrected chi connectivity index (χ2v) is 22.9. The van der Waals surface area contributed by atoms with E-state index in [-0.39, 0.29) is 98.3 Å². The normalized spacial score (nSPS) is 15.7. The first kappa shape index (κ1) is 71.2. The second-order valence-electron chi connectivity index (χ2n) is 22.9. The van der Waals surface area contributed by atoms with Gasteiger partial charge in [-0.1, -0.05) is 62.4 Å². The number of anilines is 2. The Kier molecular flexibility index (Phi) is 24.9. The molecule has 0 bridgehead atoms. The number of nitrogens with one attached hydrogen (secondary N) is 1. The third-order valence-corrected chi connectivity index (χ3v) is 15.2. The topological polar surface area (TPSA) is 270 Å². The molecule has 6 aromatic rings. The van der Waals surface area contributed by atoms with Crippen LogP contribution in [-0.4, -0.2) is 96.5 Å². The largest absolute Gasteiger partial charge is 0.494 e. The summed E-state index contributed by atoms with van der Waals surface area (Å²) in [5.74, 6) is -11.5. The van der Waals surface area contributed by atoms with Gasteiger partial charge in [0.2, 0.25) is 5.91 Å². The smallest absolute Gasteiger partial charge is 0.389 e. The minimum absolute atomic E-state index is 0.0616. The quantitative estimate of drug-likeness (QED) is 0.00786. The van der Waals surface area contributed by atoms with E-state index >= 15 is 0 Å². The predicted molar refractivity (Wildman–Crippen MR) is 331 cm³/mol. The Morgan fingerprint density at radius 3 is 1.37 bits per heavy atom. The molecule has 0 radical (unpaired) electrons. The van der Waals surface area contributed by atoms with E-state index in [0.29, 0.717) is 27.9 Å². The fourth-order valence-corrected chi connectivity index (χ4v) is 10.5. The Hall–Kier alpha value is -10.3. The zero-order chi connectivity index (χ0) is 68.2. The summed E-state index contributed by atoms with van der Waals surface area (Å²) < 4.78 is 108. The number of alkyl halides is 6. The molecule has 1 amide bonds. The third kappa shape index (κ3) is 22.5. The maximum atomic E-state index is 13.9. The van der Waals surface area contributed by atoms with Gasteiger partial charge in [0.25, 0.3) is 0 Å². The maximum Gasteiger partial charge on any atom is 0.389 e. The van der Waals surface area contributed by atoms with Gasteiger partial charge in [-0.25, -0.2) is 19.2 Å². The van der Waals surface area contributed by atoms with Gasteiger partial charge >= 0.3 is 48.2 Å². The van der Waals surface area contributed by atoms with Crippen LogP contribution in [0.2, 0.25) is 0 Å². The first-order chi connectivity index (χ1) is 44.6. The van der Waals surface area contributed by atoms with Crippen molar-refractivity contribution in [3.8, 4) is 23.0 Å². The molecule has 0 saturated heterocycles. The van der Waals surface area contributed by atoms with Crippen LogP contribution >= 0.6 is 0 Å². The van der Waals surface area contributed by atoms with E-state index in [1.165, 1.54) is 84.9 Å². The molecule has 1 aliphatic rings. The van der Waals surface area contributed by atoms with E-state index in [0.717, 1.165) is 12.2 Å². The zero-order valence-corrected chi connectivity index (χ0v) is 51.0. The number of carbonyl (C=O) groups is 8. The molecule has 1 saturated carbocycles. The lowest BCUT2D eigenvalue weighted by atomic mass is 9.77. The molecule has 0 aromatic heterocycles. The first-order valence-electron chi connectivity index (χ1n) is 29.8. The lowest BCUT2D eigenvalue weighted by Gasteiger charge is -2.33. The number of Topliss-reactive ketones (excluding diaryl/α,β-unsaturated/α-hetero) is 1. The van der Waals surface area contributed by atoms with Crippen LogP contribution in [0, 0.1) is 35.0 Å². The van der Waals surface area contributed by atoms with Crippen molar-refractivity contribution in [2.45, 2.75) is 77.6 Å². The van der Waals surface area contributed by atoms with Crippen LogP contribution in [0.1, 0.15) is 95.3 Å². The highest BCUT2D eigenvalue weighted by molar-refractivity contribution is 5.99. The Bertz CT molecular complexity index is 3500. The van der Waals surface area contributed by atoms with Gasteiger partial charge in [0, 0.05) is 60.0 Å². The van der Waals surface area contributed by atoms with Gasteiger partial charge in [-0.3, -0.25) is 19.2 Å². The number of aliphatic carboxylic acids is 2. The number of ether oxygens (including phenoxy) is 6. The Labute approximate surface area is 536 Å². The maximum absolute atomic E-state index is 13.9. The standard InChI is InChI=1S/C70H68F6N2O16/c1-43(2)63(83)61-50(38-58(79)80)37-57(62(61)65(85)86)64(84)78-52-21-7-47(8-22-52)40-68(39-46-5-19-51(77)20-6-46,41-91-59(81)31-13-44-9-23-55(24-10-44)93-66(87)48-15-27-53(28-16-48)89-35-3-33-69(71,72)73)42-92-60(82)32-14-45-11-25-56(26-12-45)94-67(88)49-17-29-54(30-18-49)90-36-4-34-70(74,75)76/h5-32,43,50,57,61-62H,3-4,33-42,77H2,1-2H3,(H,78,84)(H,79,80)(H,85,86)/b31-13+,32-14+. The lowest BCUT2D eigenvalue weighted by Crippen LogP contribution is -2.38. The molecule has 1 fully saturated rings. The van der Waals surface area contributed by atoms with E-state index in [1.807, 2.05) is 0 Å². The molecule has 496 valence electrons. The molecule has 1 aliphatic carbocycles. The van der Waals surface area contributed by atoms with E-state index in [2.05, 4.69) is 5.32 Å². The minimum Gasteiger partial charge on any atom is -0.494 e. The van der Waals surface area contributed by atoms with Gasteiger partial charge in [-0.2, -0.15) is 26.3 Å². The Balaban J connectivity index is 1.06. The molecule has 4 unspecified atom stereocenters. The highest BCUT2D eigenvalue weighted by atomic mass is 19.4. The van der Waals surface area contributed by atoms with Crippen LogP contribution in [0.5, 0.6) is 23.0 Å². The van der Waals surface area contributed by atoms with Gasteiger partial charge in [0.1, 0.15) is 42.0 Å². The van der Waals surface area contributed by atoms with Crippen molar-refractivity contribution in [3.05, 3.63) is 191 Å². The molecule has 24 heteroatoms. The van der Waals surface area contributed by atoms with Crippen LogP contribution in [0.15, 0.2) is 158 Å². The van der Waals surface area contributed by atoms with Gasteiger partial charge in [-0.15, -0.1) is 0 Å². The molecule has 0 heterocycles. The average Bonchev–Trinajstić information content (AvgIpc) is 1.61. The van der Waals surface area contributed by atoms with Gasteiger partial charge < -0.3 is 49.7 Å². The summed E-state index contributed by atoms with van der Waals surface area (Å²) in [4.78, 5) is 105. The van der Waals surface area contributed by atoms with Crippen molar-refractivity contribution in [3.63, 3.8) is 0 Å². The number of halogens is 6. The Morgan fingerprint density at radius 1 is 0.564 bits per heavy atom.